The Morgan fingerprint density at radius 2 is 1.87 bits per heavy atom. The molecule has 6 nitrogen and oxygen atoms in total. The largest absolute Gasteiger partial charge is 0.468 e. The molecule has 0 atom stereocenters. The Hall–Kier alpha value is -3.16. The number of carbonyl (C=O) groups excluding carboxylic acids is 1. The lowest BCUT2D eigenvalue weighted by Gasteiger charge is -2.24. The van der Waals surface area contributed by atoms with E-state index in [0.29, 0.717) is 19.6 Å². The molecule has 1 aromatic carbocycles. The molecule has 0 aliphatic carbocycles. The summed E-state index contributed by atoms with van der Waals surface area (Å²) in [6, 6.07) is 13.8. The lowest BCUT2D eigenvalue weighted by molar-refractivity contribution is -0.120. The second-order valence-electron chi connectivity index (χ2n) is 7.69. The SMILES string of the molecule is Cc1nc(-c2ccc3c(c2)CCN3C(=O)CN(Cc2ccco2)Cc2ccco2)cs1. The lowest BCUT2D eigenvalue weighted by Crippen LogP contribution is -2.39. The zero-order valence-corrected chi connectivity index (χ0v) is 18.1. The van der Waals surface area contributed by atoms with Crippen molar-refractivity contribution in [2.75, 3.05) is 18.0 Å². The van der Waals surface area contributed by atoms with Gasteiger partial charge in [0.25, 0.3) is 0 Å². The zero-order chi connectivity index (χ0) is 21.2. The number of aryl methyl sites for hydroxylation is 1. The lowest BCUT2D eigenvalue weighted by atomic mass is 10.1. The van der Waals surface area contributed by atoms with E-state index in [1.54, 1.807) is 23.9 Å². The maximum Gasteiger partial charge on any atom is 0.241 e. The molecule has 0 bridgehead atoms. The number of fused-ring (bicyclic) bond motifs is 1. The van der Waals surface area contributed by atoms with E-state index in [9.17, 15) is 4.79 Å². The minimum atomic E-state index is 0.0779. The van der Waals surface area contributed by atoms with Gasteiger partial charge in [-0.1, -0.05) is 6.07 Å². The van der Waals surface area contributed by atoms with Crippen LogP contribution in [-0.2, 0) is 24.3 Å². The van der Waals surface area contributed by atoms with Crippen LogP contribution in [0.25, 0.3) is 11.3 Å². The van der Waals surface area contributed by atoms with Crippen molar-refractivity contribution in [2.24, 2.45) is 0 Å². The fraction of sp³-hybridized carbons (Fsp3) is 0.250. The summed E-state index contributed by atoms with van der Waals surface area (Å²) < 4.78 is 11.0. The fourth-order valence-corrected chi connectivity index (χ4v) is 4.63. The maximum atomic E-state index is 13.2. The quantitative estimate of drug-likeness (QED) is 0.415. The summed E-state index contributed by atoms with van der Waals surface area (Å²) >= 11 is 1.65. The molecule has 158 valence electrons. The van der Waals surface area contributed by atoms with Gasteiger partial charge in [-0.25, -0.2) is 4.98 Å². The van der Waals surface area contributed by atoms with Gasteiger partial charge in [-0.05, 0) is 55.3 Å². The third kappa shape index (κ3) is 4.33. The number of hydrogen-bond donors (Lipinski definition) is 0. The number of furan rings is 2. The van der Waals surface area contributed by atoms with Crippen molar-refractivity contribution in [3.8, 4) is 11.3 Å². The van der Waals surface area contributed by atoms with Crippen molar-refractivity contribution in [2.45, 2.75) is 26.4 Å². The summed E-state index contributed by atoms with van der Waals surface area (Å²) in [6.45, 7) is 4.08. The third-order valence-corrected chi connectivity index (χ3v) is 6.24. The van der Waals surface area contributed by atoms with E-state index < -0.39 is 0 Å². The third-order valence-electron chi connectivity index (χ3n) is 5.47. The Morgan fingerprint density at radius 3 is 2.48 bits per heavy atom. The van der Waals surface area contributed by atoms with Gasteiger partial charge in [0, 0.05) is 23.2 Å². The number of aromatic nitrogens is 1. The molecule has 0 unspecified atom stereocenters. The van der Waals surface area contributed by atoms with Crippen molar-refractivity contribution in [1.29, 1.82) is 0 Å². The normalized spacial score (nSPS) is 13.2. The smallest absolute Gasteiger partial charge is 0.241 e. The summed E-state index contributed by atoms with van der Waals surface area (Å²) in [6.07, 6.45) is 4.16. The van der Waals surface area contributed by atoms with E-state index in [0.717, 1.165) is 39.9 Å². The molecule has 31 heavy (non-hydrogen) atoms. The van der Waals surface area contributed by atoms with Crippen molar-refractivity contribution in [1.82, 2.24) is 9.88 Å². The van der Waals surface area contributed by atoms with Crippen LogP contribution in [0.15, 0.2) is 69.2 Å². The minimum absolute atomic E-state index is 0.0779. The summed E-state index contributed by atoms with van der Waals surface area (Å²) in [7, 11) is 0. The topological polar surface area (TPSA) is 62.7 Å². The first-order chi connectivity index (χ1) is 15.2. The fourth-order valence-electron chi connectivity index (χ4n) is 4.01. The zero-order valence-electron chi connectivity index (χ0n) is 17.3. The molecule has 0 spiro atoms. The molecular weight excluding hydrogens is 410 g/mol. The molecule has 5 rings (SSSR count). The molecule has 4 heterocycles. The molecule has 0 saturated heterocycles. The standard InChI is InChI=1S/C24H23N3O3S/c1-17-25-22(16-31-17)18-6-7-23-19(12-18)8-9-27(23)24(28)15-26(13-20-4-2-10-29-20)14-21-5-3-11-30-21/h2-7,10-12,16H,8-9,13-15H2,1H3. The van der Waals surface area contributed by atoms with Gasteiger partial charge in [0.05, 0.1) is 42.9 Å². The Kier molecular flexibility index (Phi) is 5.44. The summed E-state index contributed by atoms with van der Waals surface area (Å²) in [5.74, 6) is 1.72. The van der Waals surface area contributed by atoms with Crippen LogP contribution < -0.4 is 4.90 Å². The molecule has 1 amide bonds. The van der Waals surface area contributed by atoms with Crippen LogP contribution in [-0.4, -0.2) is 28.9 Å². The van der Waals surface area contributed by atoms with E-state index in [4.69, 9.17) is 8.83 Å². The number of rotatable bonds is 7. The number of nitrogens with zero attached hydrogens (tertiary/aromatic N) is 3. The van der Waals surface area contributed by atoms with Gasteiger partial charge < -0.3 is 13.7 Å². The number of carbonyl (C=O) groups is 1. The monoisotopic (exact) mass is 433 g/mol. The van der Waals surface area contributed by atoms with Crippen molar-refractivity contribution < 1.29 is 13.6 Å². The van der Waals surface area contributed by atoms with Crippen LogP contribution in [0.1, 0.15) is 22.1 Å². The molecule has 3 aromatic heterocycles. The number of anilines is 1. The van der Waals surface area contributed by atoms with Crippen molar-refractivity contribution in [3.05, 3.63) is 82.5 Å². The van der Waals surface area contributed by atoms with Gasteiger partial charge in [-0.2, -0.15) is 0 Å². The van der Waals surface area contributed by atoms with Gasteiger partial charge in [0.1, 0.15) is 11.5 Å². The van der Waals surface area contributed by atoms with Crippen LogP contribution in [0.2, 0.25) is 0 Å². The highest BCUT2D eigenvalue weighted by Gasteiger charge is 2.27. The molecule has 4 aromatic rings. The van der Waals surface area contributed by atoms with Gasteiger partial charge >= 0.3 is 0 Å². The second-order valence-corrected chi connectivity index (χ2v) is 8.76. The number of amides is 1. The van der Waals surface area contributed by atoms with Crippen LogP contribution in [0.4, 0.5) is 5.69 Å². The second kappa shape index (κ2) is 8.53. The minimum Gasteiger partial charge on any atom is -0.468 e. The molecule has 1 aliphatic heterocycles. The highest BCUT2D eigenvalue weighted by molar-refractivity contribution is 7.09. The van der Waals surface area contributed by atoms with Gasteiger partial charge in [0.2, 0.25) is 5.91 Å². The summed E-state index contributed by atoms with van der Waals surface area (Å²) in [4.78, 5) is 21.8. The Bertz CT molecular complexity index is 1130. The van der Waals surface area contributed by atoms with E-state index in [1.807, 2.05) is 47.1 Å². The molecule has 0 saturated carbocycles. The average Bonchev–Trinajstić information content (AvgIpc) is 3.55. The van der Waals surface area contributed by atoms with E-state index >= 15 is 0 Å². The summed E-state index contributed by atoms with van der Waals surface area (Å²) in [5, 5.41) is 3.14. The molecule has 0 radical (unpaired) electrons. The van der Waals surface area contributed by atoms with Crippen LogP contribution in [0.3, 0.4) is 0 Å². The Balaban J connectivity index is 1.32. The van der Waals surface area contributed by atoms with Crippen LogP contribution in [0.5, 0.6) is 0 Å². The highest BCUT2D eigenvalue weighted by atomic mass is 32.1. The predicted octanol–water partition coefficient (Wildman–Crippen LogP) is 4.90. The Morgan fingerprint density at radius 1 is 1.13 bits per heavy atom. The maximum absolute atomic E-state index is 13.2. The van der Waals surface area contributed by atoms with Crippen LogP contribution >= 0.6 is 11.3 Å². The van der Waals surface area contributed by atoms with Gasteiger partial charge in [0.15, 0.2) is 0 Å². The van der Waals surface area contributed by atoms with Gasteiger partial charge in [-0.3, -0.25) is 9.69 Å². The molecule has 1 aliphatic rings. The first-order valence-electron chi connectivity index (χ1n) is 10.3. The first-order valence-corrected chi connectivity index (χ1v) is 11.2. The first kappa shape index (κ1) is 19.8. The van der Waals surface area contributed by atoms with Crippen molar-refractivity contribution in [3.63, 3.8) is 0 Å². The molecular formula is C24H23N3O3S. The number of thiazole rings is 1. The number of hydrogen-bond acceptors (Lipinski definition) is 6. The molecule has 7 heteroatoms. The van der Waals surface area contributed by atoms with E-state index in [2.05, 4.69) is 22.5 Å². The molecule has 0 fully saturated rings. The van der Waals surface area contributed by atoms with E-state index in [-0.39, 0.29) is 12.5 Å². The predicted molar refractivity (Wildman–Crippen MR) is 120 cm³/mol. The van der Waals surface area contributed by atoms with Crippen LogP contribution in [0, 0.1) is 6.92 Å². The Labute approximate surface area is 184 Å². The summed E-state index contributed by atoms with van der Waals surface area (Å²) in [5.41, 5.74) is 4.30. The van der Waals surface area contributed by atoms with E-state index in [1.165, 1.54) is 5.56 Å². The highest BCUT2D eigenvalue weighted by Crippen LogP contribution is 2.33. The van der Waals surface area contributed by atoms with Crippen molar-refractivity contribution >= 4 is 22.9 Å². The van der Waals surface area contributed by atoms with Gasteiger partial charge in [-0.15, -0.1) is 11.3 Å². The average molecular weight is 434 g/mol. The number of benzene rings is 1. The molecule has 0 N–H and O–H groups in total.